The third-order valence-electron chi connectivity index (χ3n) is 6.85. The van der Waals surface area contributed by atoms with Crippen molar-refractivity contribution in [1.29, 1.82) is 0 Å². The van der Waals surface area contributed by atoms with E-state index in [1.165, 1.54) is 51.9 Å². The number of amidine groups is 1. The number of para-hydroxylation sites is 1. The lowest BCUT2D eigenvalue weighted by molar-refractivity contribution is -0.274. The number of halogens is 3. The van der Waals surface area contributed by atoms with Crippen LogP contribution >= 0.6 is 11.8 Å². The van der Waals surface area contributed by atoms with Crippen LogP contribution in [0.5, 0.6) is 5.75 Å². The number of benzene rings is 3. The first-order valence-electron chi connectivity index (χ1n) is 13.7. The number of hydrogen-bond donors (Lipinski definition) is 1. The number of anilines is 1. The molecule has 0 bridgehead atoms. The molecule has 1 aliphatic rings. The smallest absolute Gasteiger partial charge is 0.406 e. The molecule has 0 aliphatic carbocycles. The summed E-state index contributed by atoms with van der Waals surface area (Å²) >= 11 is 1.25. The van der Waals surface area contributed by atoms with E-state index in [2.05, 4.69) is 25.1 Å². The van der Waals surface area contributed by atoms with E-state index in [-0.39, 0.29) is 23.3 Å². The highest BCUT2D eigenvalue weighted by atomic mass is 32.2. The molecule has 3 amide bonds. The van der Waals surface area contributed by atoms with Crippen molar-refractivity contribution in [3.05, 3.63) is 89.7 Å². The fourth-order valence-electron chi connectivity index (χ4n) is 4.80. The Labute approximate surface area is 256 Å². The van der Waals surface area contributed by atoms with Crippen LogP contribution < -0.4 is 15.0 Å². The fraction of sp³-hybridized carbons (Fsp3) is 0.258. The van der Waals surface area contributed by atoms with Gasteiger partial charge in [-0.2, -0.15) is 4.99 Å². The van der Waals surface area contributed by atoms with Crippen molar-refractivity contribution in [1.82, 2.24) is 20.1 Å². The molecule has 1 N–H and O–H groups in total. The molecule has 1 aliphatic heterocycles. The molecule has 13 heteroatoms. The molecule has 5 rings (SSSR count). The van der Waals surface area contributed by atoms with Crippen molar-refractivity contribution >= 4 is 34.6 Å². The Balaban J connectivity index is 1.15. The number of carbonyl (C=O) groups excluding carboxylic acids is 2. The van der Waals surface area contributed by atoms with Crippen molar-refractivity contribution in [2.24, 2.45) is 10.9 Å². The van der Waals surface area contributed by atoms with E-state index in [1.807, 2.05) is 63.2 Å². The molecular weight excluding hydrogens is 593 g/mol. The van der Waals surface area contributed by atoms with E-state index in [9.17, 15) is 22.8 Å². The van der Waals surface area contributed by atoms with Crippen molar-refractivity contribution in [3.8, 4) is 22.8 Å². The third-order valence-corrected chi connectivity index (χ3v) is 7.77. The van der Waals surface area contributed by atoms with Gasteiger partial charge in [0, 0.05) is 12.1 Å². The number of ether oxygens (including phenoxy) is 1. The fourth-order valence-corrected chi connectivity index (χ4v) is 5.65. The standard InChI is InChI=1S/C31H29F3N6O3S/c1-19(16-35-29(42)37-30-40(26(41)17-44-30)27-20(2)5-4-6-21(27)3)15-22-7-9-23(10-8-22)28-36-18-39(38-28)24-11-13-25(14-12-24)43-31(32,33)34/h4-14,18-19H,15-17H2,1-3H3,(H,35,42). The molecule has 228 valence electrons. The molecule has 0 radical (unpaired) electrons. The zero-order chi connectivity index (χ0) is 31.4. The molecule has 0 spiro atoms. The summed E-state index contributed by atoms with van der Waals surface area (Å²) < 4.78 is 42.6. The molecule has 0 saturated carbocycles. The van der Waals surface area contributed by atoms with Gasteiger partial charge in [0.2, 0.25) is 5.91 Å². The maximum atomic E-state index is 12.7. The van der Waals surface area contributed by atoms with E-state index < -0.39 is 12.4 Å². The van der Waals surface area contributed by atoms with Crippen LogP contribution in [0.2, 0.25) is 0 Å². The maximum absolute atomic E-state index is 12.7. The SMILES string of the molecule is Cc1cccc(C)c1N1C(=O)CSC1=NC(=O)NCC(C)Cc1ccc(-c2ncn(-c3ccc(OC(F)(F)F)cc3)n2)cc1. The van der Waals surface area contributed by atoms with E-state index in [0.717, 1.165) is 27.9 Å². The van der Waals surface area contributed by atoms with Gasteiger partial charge in [0.25, 0.3) is 0 Å². The Morgan fingerprint density at radius 1 is 1.07 bits per heavy atom. The van der Waals surface area contributed by atoms with Gasteiger partial charge >= 0.3 is 12.4 Å². The molecule has 2 heterocycles. The second-order valence-electron chi connectivity index (χ2n) is 10.4. The highest BCUT2D eigenvalue weighted by Crippen LogP contribution is 2.32. The highest BCUT2D eigenvalue weighted by molar-refractivity contribution is 8.15. The second kappa shape index (κ2) is 12.9. The third kappa shape index (κ3) is 7.46. The van der Waals surface area contributed by atoms with Gasteiger partial charge in [-0.1, -0.05) is 61.2 Å². The number of nitrogens with zero attached hydrogens (tertiary/aromatic N) is 5. The quantitative estimate of drug-likeness (QED) is 0.242. The summed E-state index contributed by atoms with van der Waals surface area (Å²) in [5, 5.41) is 7.66. The topological polar surface area (TPSA) is 102 Å². The van der Waals surface area contributed by atoms with Crippen LogP contribution in [0.25, 0.3) is 17.1 Å². The first-order valence-corrected chi connectivity index (χ1v) is 14.7. The number of carbonyl (C=O) groups is 2. The number of aromatic nitrogens is 3. The summed E-state index contributed by atoms with van der Waals surface area (Å²) in [6.07, 6.45) is -2.57. The molecule has 1 saturated heterocycles. The lowest BCUT2D eigenvalue weighted by Crippen LogP contribution is -2.33. The molecular formula is C31H29F3N6O3S. The average molecular weight is 623 g/mol. The Bertz CT molecular complexity index is 1670. The monoisotopic (exact) mass is 622 g/mol. The number of aryl methyl sites for hydroxylation is 2. The van der Waals surface area contributed by atoms with Gasteiger partial charge in [0.15, 0.2) is 11.0 Å². The normalized spacial score (nSPS) is 15.1. The van der Waals surface area contributed by atoms with Gasteiger partial charge in [0.1, 0.15) is 12.1 Å². The first-order chi connectivity index (χ1) is 21.0. The lowest BCUT2D eigenvalue weighted by atomic mass is 10.00. The van der Waals surface area contributed by atoms with Gasteiger partial charge in [-0.25, -0.2) is 14.5 Å². The number of alkyl halides is 3. The first kappa shape index (κ1) is 30.8. The largest absolute Gasteiger partial charge is 0.573 e. The molecule has 1 fully saturated rings. The predicted molar refractivity (Wildman–Crippen MR) is 163 cm³/mol. The van der Waals surface area contributed by atoms with Gasteiger partial charge in [-0.05, 0) is 67.1 Å². The Kier molecular flexibility index (Phi) is 9.04. The van der Waals surface area contributed by atoms with Crippen LogP contribution in [0.15, 0.2) is 78.0 Å². The number of hydrogen-bond acceptors (Lipinski definition) is 6. The van der Waals surface area contributed by atoms with Crippen LogP contribution in [0, 0.1) is 19.8 Å². The van der Waals surface area contributed by atoms with E-state index in [4.69, 9.17) is 0 Å². The summed E-state index contributed by atoms with van der Waals surface area (Å²) in [6, 6.07) is 18.3. The molecule has 44 heavy (non-hydrogen) atoms. The van der Waals surface area contributed by atoms with Gasteiger partial charge in [0.05, 0.1) is 17.1 Å². The number of rotatable bonds is 8. The summed E-state index contributed by atoms with van der Waals surface area (Å²) in [5.41, 5.74) is 5.00. The van der Waals surface area contributed by atoms with Crippen molar-refractivity contribution in [2.75, 3.05) is 17.2 Å². The van der Waals surface area contributed by atoms with E-state index >= 15 is 0 Å². The summed E-state index contributed by atoms with van der Waals surface area (Å²) in [6.45, 7) is 6.28. The van der Waals surface area contributed by atoms with Crippen molar-refractivity contribution in [2.45, 2.75) is 33.6 Å². The van der Waals surface area contributed by atoms with Crippen LogP contribution in [0.3, 0.4) is 0 Å². The van der Waals surface area contributed by atoms with Gasteiger partial charge in [-0.3, -0.25) is 9.69 Å². The van der Waals surface area contributed by atoms with Crippen LogP contribution in [-0.4, -0.2) is 50.5 Å². The molecule has 1 aromatic heterocycles. The minimum Gasteiger partial charge on any atom is -0.406 e. The van der Waals surface area contributed by atoms with E-state index in [0.29, 0.717) is 29.6 Å². The molecule has 3 aromatic carbocycles. The molecule has 4 aromatic rings. The van der Waals surface area contributed by atoms with Crippen molar-refractivity contribution < 1.29 is 27.5 Å². The van der Waals surface area contributed by atoms with Crippen molar-refractivity contribution in [3.63, 3.8) is 0 Å². The zero-order valence-corrected chi connectivity index (χ0v) is 24.9. The van der Waals surface area contributed by atoms with Crippen LogP contribution in [0.4, 0.5) is 23.7 Å². The van der Waals surface area contributed by atoms with Gasteiger partial charge < -0.3 is 10.1 Å². The molecule has 1 unspecified atom stereocenters. The summed E-state index contributed by atoms with van der Waals surface area (Å²) in [5.74, 6) is 0.384. The minimum atomic E-state index is -4.75. The Morgan fingerprint density at radius 3 is 2.41 bits per heavy atom. The number of amides is 3. The number of aliphatic imine (C=N–C) groups is 1. The second-order valence-corrected chi connectivity index (χ2v) is 11.3. The minimum absolute atomic E-state index is 0.105. The Hall–Kier alpha value is -4.65. The molecule has 9 nitrogen and oxygen atoms in total. The number of urea groups is 1. The maximum Gasteiger partial charge on any atom is 0.573 e. The number of thioether (sulfide) groups is 1. The number of nitrogens with one attached hydrogen (secondary N) is 1. The average Bonchev–Trinajstić information content (AvgIpc) is 3.60. The van der Waals surface area contributed by atoms with Crippen LogP contribution in [-0.2, 0) is 11.2 Å². The lowest BCUT2D eigenvalue weighted by Gasteiger charge is -2.20. The summed E-state index contributed by atoms with van der Waals surface area (Å²) in [4.78, 5) is 35.3. The molecule has 1 atom stereocenters. The Morgan fingerprint density at radius 2 is 1.75 bits per heavy atom. The summed E-state index contributed by atoms with van der Waals surface area (Å²) in [7, 11) is 0. The highest BCUT2D eigenvalue weighted by Gasteiger charge is 2.32. The zero-order valence-electron chi connectivity index (χ0n) is 24.1. The van der Waals surface area contributed by atoms with E-state index in [1.54, 1.807) is 0 Å². The predicted octanol–water partition coefficient (Wildman–Crippen LogP) is 6.47. The van der Waals surface area contributed by atoms with Gasteiger partial charge in [-0.15, -0.1) is 18.3 Å². The van der Waals surface area contributed by atoms with Crippen LogP contribution in [0.1, 0.15) is 23.6 Å².